The molecule has 2 N–H and O–H groups in total. The Morgan fingerprint density at radius 3 is 2.00 bits per heavy atom. The Morgan fingerprint density at radius 1 is 1.38 bits per heavy atom. The molecule has 0 aliphatic carbocycles. The fourth-order valence-electron chi connectivity index (χ4n) is 0.167. The van der Waals surface area contributed by atoms with Crippen molar-refractivity contribution in [1.82, 2.24) is 0 Å². The Kier molecular flexibility index (Phi) is 2.40. The highest BCUT2D eigenvalue weighted by Gasteiger charge is 1.83. The van der Waals surface area contributed by atoms with Crippen LogP contribution in [0.1, 0.15) is 0 Å². The number of hydrogen-bond donors (Lipinski definition) is 2. The second kappa shape index (κ2) is 2.85. The van der Waals surface area contributed by atoms with Crippen molar-refractivity contribution in [2.45, 2.75) is 0 Å². The van der Waals surface area contributed by atoms with E-state index in [-0.39, 0.29) is 5.76 Å². The summed E-state index contributed by atoms with van der Waals surface area (Å²) in [6, 6.07) is 0. The molecule has 0 aromatic carbocycles. The number of aliphatic hydroxyl groups is 1. The molecule has 44 valence electrons. The third-order valence-corrected chi connectivity index (χ3v) is 0.418. The maximum atomic E-state index is 9.66. The van der Waals surface area contributed by atoms with Crippen LogP contribution >= 0.6 is 0 Å². The van der Waals surface area contributed by atoms with Gasteiger partial charge in [-0.1, -0.05) is 6.58 Å². The smallest absolute Gasteiger partial charge is 0.328 e. The van der Waals surface area contributed by atoms with E-state index >= 15 is 0 Å². The third kappa shape index (κ3) is 4.75. The van der Waals surface area contributed by atoms with Crippen molar-refractivity contribution in [1.29, 1.82) is 0 Å². The minimum Gasteiger partial charge on any atom is -0.509 e. The molecule has 0 aromatic rings. The number of aliphatic carboxylic acids is 1. The van der Waals surface area contributed by atoms with Crippen molar-refractivity contribution in [2.75, 3.05) is 0 Å². The molecule has 0 aromatic heterocycles. The van der Waals surface area contributed by atoms with Gasteiger partial charge in [0, 0.05) is 6.08 Å². The average Bonchev–Trinajstić information content (AvgIpc) is 1.61. The van der Waals surface area contributed by atoms with Crippen LogP contribution in [0.15, 0.2) is 24.5 Å². The van der Waals surface area contributed by atoms with E-state index in [2.05, 4.69) is 6.58 Å². The number of carboxylic acids is 1. The van der Waals surface area contributed by atoms with Gasteiger partial charge in [-0.25, -0.2) is 4.79 Å². The number of allylic oxidation sites excluding steroid dienone is 1. The average molecular weight is 114 g/mol. The fraction of sp³-hybridized carbons (Fsp3) is 0. The molecule has 0 spiro atoms. The van der Waals surface area contributed by atoms with E-state index in [1.54, 1.807) is 0 Å². The summed E-state index contributed by atoms with van der Waals surface area (Å²) in [6.07, 6.45) is 1.81. The number of rotatable bonds is 2. The van der Waals surface area contributed by atoms with Crippen molar-refractivity contribution in [2.24, 2.45) is 0 Å². The maximum Gasteiger partial charge on any atom is 0.328 e. The molecule has 0 radical (unpaired) electrons. The first-order valence-electron chi connectivity index (χ1n) is 1.92. The van der Waals surface area contributed by atoms with Gasteiger partial charge in [0.1, 0.15) is 5.76 Å². The normalized spacial score (nSPS) is 9.50. The summed E-state index contributed by atoms with van der Waals surface area (Å²) in [7, 11) is 0. The largest absolute Gasteiger partial charge is 0.509 e. The van der Waals surface area contributed by atoms with E-state index in [0.29, 0.717) is 0 Å². The monoisotopic (exact) mass is 114 g/mol. The van der Waals surface area contributed by atoms with E-state index in [1.165, 1.54) is 0 Å². The quantitative estimate of drug-likeness (QED) is 0.315. The Labute approximate surface area is 46.6 Å². The molecule has 0 bridgehead atoms. The summed E-state index contributed by atoms with van der Waals surface area (Å²) in [5.41, 5.74) is 0. The molecular weight excluding hydrogens is 108 g/mol. The summed E-state index contributed by atoms with van der Waals surface area (Å²) in [6.45, 7) is 3.03. The number of carboxylic acid groups (broad SMARTS) is 1. The molecule has 0 unspecified atom stereocenters. The van der Waals surface area contributed by atoms with Crippen LogP contribution in [-0.4, -0.2) is 16.2 Å². The highest BCUT2D eigenvalue weighted by Crippen LogP contribution is 1.82. The highest BCUT2D eigenvalue weighted by atomic mass is 16.4. The van der Waals surface area contributed by atoms with Gasteiger partial charge in [-0.2, -0.15) is 0 Å². The zero-order chi connectivity index (χ0) is 6.57. The molecule has 0 aliphatic rings. The molecule has 0 fully saturated rings. The summed E-state index contributed by atoms with van der Waals surface area (Å²) >= 11 is 0. The van der Waals surface area contributed by atoms with Gasteiger partial charge in [0.15, 0.2) is 0 Å². The lowest BCUT2D eigenvalue weighted by Gasteiger charge is -1.79. The van der Waals surface area contributed by atoms with Crippen LogP contribution in [0.2, 0.25) is 0 Å². The van der Waals surface area contributed by atoms with Gasteiger partial charge in [-0.15, -0.1) is 0 Å². The van der Waals surface area contributed by atoms with Gasteiger partial charge < -0.3 is 10.2 Å². The third-order valence-electron chi connectivity index (χ3n) is 0.418. The lowest BCUT2D eigenvalue weighted by Crippen LogP contribution is -1.85. The zero-order valence-electron chi connectivity index (χ0n) is 4.16. The van der Waals surface area contributed by atoms with Gasteiger partial charge >= 0.3 is 5.97 Å². The van der Waals surface area contributed by atoms with Gasteiger partial charge in [0.2, 0.25) is 0 Å². The highest BCUT2D eigenvalue weighted by molar-refractivity contribution is 5.80. The van der Waals surface area contributed by atoms with Crippen LogP contribution in [0.3, 0.4) is 0 Å². The topological polar surface area (TPSA) is 57.5 Å². The Balaban J connectivity index is 3.67. The maximum absolute atomic E-state index is 9.66. The molecule has 0 amide bonds. The summed E-state index contributed by atoms with van der Waals surface area (Å²) < 4.78 is 0. The van der Waals surface area contributed by atoms with Crippen molar-refractivity contribution in [3.63, 3.8) is 0 Å². The van der Waals surface area contributed by atoms with Crippen LogP contribution in [0.4, 0.5) is 0 Å². The van der Waals surface area contributed by atoms with Crippen molar-refractivity contribution >= 4 is 5.97 Å². The summed E-state index contributed by atoms with van der Waals surface area (Å²) in [5, 5.41) is 16.2. The Bertz CT molecular complexity index is 119. The van der Waals surface area contributed by atoms with Gasteiger partial charge in [-0.05, 0) is 6.08 Å². The van der Waals surface area contributed by atoms with Crippen LogP contribution in [0.5, 0.6) is 0 Å². The first-order valence-corrected chi connectivity index (χ1v) is 1.92. The SMILES string of the molecule is C=C(O)/C=C/C(=O)O. The molecule has 0 atom stereocenters. The molecule has 0 heterocycles. The predicted octanol–water partition coefficient (Wildman–Crippen LogP) is 0.699. The van der Waals surface area contributed by atoms with E-state index in [9.17, 15) is 4.79 Å². The second-order valence-corrected chi connectivity index (χ2v) is 1.16. The molecule has 3 nitrogen and oxygen atoms in total. The standard InChI is InChI=1S/C5H6O3/c1-4(6)2-3-5(7)8/h2-3,6H,1H2,(H,7,8)/b3-2+. The fourth-order valence-corrected chi connectivity index (χ4v) is 0.167. The number of hydrogen-bond acceptors (Lipinski definition) is 2. The van der Waals surface area contributed by atoms with E-state index in [1.807, 2.05) is 0 Å². The van der Waals surface area contributed by atoms with Crippen molar-refractivity contribution in [3.8, 4) is 0 Å². The molecule has 8 heavy (non-hydrogen) atoms. The van der Waals surface area contributed by atoms with E-state index in [0.717, 1.165) is 12.2 Å². The van der Waals surface area contributed by atoms with Gasteiger partial charge in [-0.3, -0.25) is 0 Å². The van der Waals surface area contributed by atoms with Crippen LogP contribution in [0, 0.1) is 0 Å². The van der Waals surface area contributed by atoms with E-state index < -0.39 is 5.97 Å². The van der Waals surface area contributed by atoms with E-state index in [4.69, 9.17) is 10.2 Å². The van der Waals surface area contributed by atoms with Crippen LogP contribution in [0.25, 0.3) is 0 Å². The lowest BCUT2D eigenvalue weighted by molar-refractivity contribution is -0.131. The minimum atomic E-state index is -1.10. The number of carbonyl (C=O) groups is 1. The number of aliphatic hydroxyl groups excluding tert-OH is 1. The second-order valence-electron chi connectivity index (χ2n) is 1.16. The van der Waals surface area contributed by atoms with Crippen molar-refractivity contribution in [3.05, 3.63) is 24.5 Å². The Hall–Kier alpha value is -1.25. The Morgan fingerprint density at radius 2 is 1.88 bits per heavy atom. The first kappa shape index (κ1) is 6.75. The van der Waals surface area contributed by atoms with Crippen LogP contribution in [-0.2, 0) is 4.79 Å². The lowest BCUT2D eigenvalue weighted by atomic mass is 10.4. The van der Waals surface area contributed by atoms with Crippen LogP contribution < -0.4 is 0 Å². The predicted molar refractivity (Wildman–Crippen MR) is 28.5 cm³/mol. The molecule has 3 heteroatoms. The molecule has 0 saturated heterocycles. The van der Waals surface area contributed by atoms with Gasteiger partial charge in [0.25, 0.3) is 0 Å². The molecule has 0 saturated carbocycles. The zero-order valence-corrected chi connectivity index (χ0v) is 4.16. The molecule has 0 rings (SSSR count). The van der Waals surface area contributed by atoms with Crippen molar-refractivity contribution < 1.29 is 15.0 Å². The van der Waals surface area contributed by atoms with Gasteiger partial charge in [0.05, 0.1) is 0 Å². The summed E-state index contributed by atoms with van der Waals surface area (Å²) in [4.78, 5) is 9.66. The minimum absolute atomic E-state index is 0.257. The first-order chi connectivity index (χ1) is 3.63. The summed E-state index contributed by atoms with van der Waals surface area (Å²) in [5.74, 6) is -1.35. The molecular formula is C5H6O3. The molecule has 0 aliphatic heterocycles.